The molecule has 0 aliphatic carbocycles. The standard InChI is InChI=1S/C12H19F3N2O3/c1-16(8-12(13,14)15)11(20)17-7-3-2-4-9(17)5-6-10(18)19/h9H,2-8H2,1H3,(H,18,19). The second-order valence-electron chi connectivity index (χ2n) is 5.03. The molecule has 1 saturated heterocycles. The third-order valence-electron chi connectivity index (χ3n) is 3.31. The summed E-state index contributed by atoms with van der Waals surface area (Å²) >= 11 is 0. The van der Waals surface area contributed by atoms with Crippen molar-refractivity contribution >= 4 is 12.0 Å². The van der Waals surface area contributed by atoms with Gasteiger partial charge in [0.25, 0.3) is 0 Å². The van der Waals surface area contributed by atoms with Crippen LogP contribution in [-0.4, -0.2) is 59.3 Å². The summed E-state index contributed by atoms with van der Waals surface area (Å²) in [4.78, 5) is 24.6. The summed E-state index contributed by atoms with van der Waals surface area (Å²) in [6.45, 7) is -0.917. The number of hydrogen-bond donors (Lipinski definition) is 1. The third kappa shape index (κ3) is 5.26. The molecule has 2 amide bonds. The molecule has 0 aromatic rings. The molecular formula is C12H19F3N2O3. The first-order valence-corrected chi connectivity index (χ1v) is 6.51. The van der Waals surface area contributed by atoms with Crippen molar-refractivity contribution in [2.45, 2.75) is 44.3 Å². The van der Waals surface area contributed by atoms with Gasteiger partial charge in [-0.3, -0.25) is 4.79 Å². The quantitative estimate of drug-likeness (QED) is 0.866. The van der Waals surface area contributed by atoms with Crippen molar-refractivity contribution in [3.8, 4) is 0 Å². The Labute approximate surface area is 115 Å². The average molecular weight is 296 g/mol. The lowest BCUT2D eigenvalue weighted by atomic mass is 9.98. The lowest BCUT2D eigenvalue weighted by Gasteiger charge is -2.38. The maximum absolute atomic E-state index is 12.3. The van der Waals surface area contributed by atoms with Crippen LogP contribution in [0.5, 0.6) is 0 Å². The summed E-state index contributed by atoms with van der Waals surface area (Å²) in [5.41, 5.74) is 0. The van der Waals surface area contributed by atoms with Crippen LogP contribution in [0.15, 0.2) is 0 Å². The minimum atomic E-state index is -4.43. The zero-order valence-corrected chi connectivity index (χ0v) is 11.3. The summed E-state index contributed by atoms with van der Waals surface area (Å²) in [6.07, 6.45) is -2.01. The Hall–Kier alpha value is -1.47. The van der Waals surface area contributed by atoms with E-state index in [9.17, 15) is 22.8 Å². The fourth-order valence-electron chi connectivity index (χ4n) is 2.40. The molecule has 0 radical (unpaired) electrons. The maximum atomic E-state index is 12.3. The smallest absolute Gasteiger partial charge is 0.406 e. The molecule has 1 unspecified atom stereocenters. The topological polar surface area (TPSA) is 60.9 Å². The van der Waals surface area contributed by atoms with Crippen LogP contribution in [0.25, 0.3) is 0 Å². The van der Waals surface area contributed by atoms with Crippen LogP contribution >= 0.6 is 0 Å². The van der Waals surface area contributed by atoms with Crippen molar-refractivity contribution in [3.63, 3.8) is 0 Å². The summed E-state index contributed by atoms with van der Waals surface area (Å²) in [6, 6.07) is -0.972. The van der Waals surface area contributed by atoms with E-state index in [1.165, 1.54) is 4.90 Å². The minimum absolute atomic E-state index is 0.0859. The van der Waals surface area contributed by atoms with E-state index >= 15 is 0 Å². The van der Waals surface area contributed by atoms with E-state index in [1.807, 2.05) is 0 Å². The van der Waals surface area contributed by atoms with Crippen molar-refractivity contribution in [3.05, 3.63) is 0 Å². The number of aliphatic carboxylic acids is 1. The van der Waals surface area contributed by atoms with Gasteiger partial charge in [0.2, 0.25) is 0 Å². The molecule has 0 spiro atoms. The van der Waals surface area contributed by atoms with Crippen LogP contribution in [0.2, 0.25) is 0 Å². The highest BCUT2D eigenvalue weighted by atomic mass is 19.4. The first kappa shape index (κ1) is 16.6. The van der Waals surface area contributed by atoms with Crippen LogP contribution in [-0.2, 0) is 4.79 Å². The van der Waals surface area contributed by atoms with Gasteiger partial charge in [-0.1, -0.05) is 0 Å². The highest BCUT2D eigenvalue weighted by molar-refractivity contribution is 5.75. The number of carbonyl (C=O) groups excluding carboxylic acids is 1. The van der Waals surface area contributed by atoms with E-state index < -0.39 is 24.7 Å². The van der Waals surface area contributed by atoms with E-state index in [-0.39, 0.29) is 18.9 Å². The molecule has 1 fully saturated rings. The molecule has 0 saturated carbocycles. The van der Waals surface area contributed by atoms with Gasteiger partial charge >= 0.3 is 18.2 Å². The highest BCUT2D eigenvalue weighted by Gasteiger charge is 2.35. The molecule has 5 nitrogen and oxygen atoms in total. The molecule has 1 aliphatic heterocycles. The van der Waals surface area contributed by atoms with Crippen LogP contribution in [0, 0.1) is 0 Å². The lowest BCUT2D eigenvalue weighted by Crippen LogP contribution is -2.51. The van der Waals surface area contributed by atoms with E-state index in [0.717, 1.165) is 19.9 Å². The molecule has 0 aromatic carbocycles. The van der Waals surface area contributed by atoms with Gasteiger partial charge < -0.3 is 14.9 Å². The maximum Gasteiger partial charge on any atom is 0.406 e. The number of piperidine rings is 1. The number of carboxylic acid groups (broad SMARTS) is 1. The number of urea groups is 1. The van der Waals surface area contributed by atoms with E-state index in [0.29, 0.717) is 17.9 Å². The number of halogens is 3. The number of nitrogens with zero attached hydrogens (tertiary/aromatic N) is 2. The van der Waals surface area contributed by atoms with E-state index in [1.54, 1.807) is 0 Å². The number of alkyl halides is 3. The highest BCUT2D eigenvalue weighted by Crippen LogP contribution is 2.23. The molecule has 0 bridgehead atoms. The normalized spacial score (nSPS) is 19.8. The van der Waals surface area contributed by atoms with Gasteiger partial charge in [0.15, 0.2) is 0 Å². The zero-order chi connectivity index (χ0) is 15.3. The fourth-order valence-corrected chi connectivity index (χ4v) is 2.40. The molecule has 8 heteroatoms. The number of carboxylic acids is 1. The second-order valence-corrected chi connectivity index (χ2v) is 5.03. The average Bonchev–Trinajstić information content (AvgIpc) is 2.33. The number of amides is 2. The van der Waals surface area contributed by atoms with Gasteiger partial charge in [-0.2, -0.15) is 13.2 Å². The van der Waals surface area contributed by atoms with Crippen LogP contribution in [0.4, 0.5) is 18.0 Å². The summed E-state index contributed by atoms with van der Waals surface area (Å²) in [5.74, 6) is -0.966. The Morgan fingerprint density at radius 1 is 1.35 bits per heavy atom. The van der Waals surface area contributed by atoms with Crippen LogP contribution < -0.4 is 0 Å². The summed E-state index contributed by atoms with van der Waals surface area (Å²) in [7, 11) is 1.11. The minimum Gasteiger partial charge on any atom is -0.481 e. The van der Waals surface area contributed by atoms with Gasteiger partial charge in [0.05, 0.1) is 0 Å². The molecule has 20 heavy (non-hydrogen) atoms. The van der Waals surface area contributed by atoms with E-state index in [2.05, 4.69) is 0 Å². The van der Waals surface area contributed by atoms with Crippen molar-refractivity contribution in [2.75, 3.05) is 20.1 Å². The Morgan fingerprint density at radius 2 is 2.00 bits per heavy atom. The van der Waals surface area contributed by atoms with Gasteiger partial charge in [-0.25, -0.2) is 4.79 Å². The molecule has 1 heterocycles. The number of likely N-dealkylation sites (tertiary alicyclic amines) is 1. The molecule has 1 atom stereocenters. The van der Waals surface area contributed by atoms with Gasteiger partial charge in [-0.05, 0) is 25.7 Å². The number of hydrogen-bond acceptors (Lipinski definition) is 2. The van der Waals surface area contributed by atoms with Gasteiger partial charge in [-0.15, -0.1) is 0 Å². The predicted molar refractivity (Wildman–Crippen MR) is 65.3 cm³/mol. The summed E-state index contributed by atoms with van der Waals surface area (Å²) in [5, 5.41) is 8.67. The largest absolute Gasteiger partial charge is 0.481 e. The summed E-state index contributed by atoms with van der Waals surface area (Å²) < 4.78 is 36.9. The van der Waals surface area contributed by atoms with Crippen LogP contribution in [0.3, 0.4) is 0 Å². The SMILES string of the molecule is CN(CC(F)(F)F)C(=O)N1CCCCC1CCC(=O)O. The fraction of sp³-hybridized carbons (Fsp3) is 0.833. The van der Waals surface area contributed by atoms with Crippen molar-refractivity contribution in [1.82, 2.24) is 9.80 Å². The molecule has 1 aliphatic rings. The molecular weight excluding hydrogens is 277 g/mol. The molecule has 116 valence electrons. The monoisotopic (exact) mass is 296 g/mol. The van der Waals surface area contributed by atoms with Gasteiger partial charge in [0.1, 0.15) is 6.54 Å². The van der Waals surface area contributed by atoms with Crippen molar-refractivity contribution in [1.29, 1.82) is 0 Å². The molecule has 1 rings (SSSR count). The van der Waals surface area contributed by atoms with Gasteiger partial charge in [0, 0.05) is 26.1 Å². The Bertz CT molecular complexity index is 360. The molecule has 0 aromatic heterocycles. The van der Waals surface area contributed by atoms with Crippen molar-refractivity contribution < 1.29 is 27.9 Å². The first-order chi connectivity index (χ1) is 9.20. The Balaban J connectivity index is 2.64. The van der Waals surface area contributed by atoms with Crippen molar-refractivity contribution in [2.24, 2.45) is 0 Å². The Morgan fingerprint density at radius 3 is 2.55 bits per heavy atom. The molecule has 1 N–H and O–H groups in total. The number of carbonyl (C=O) groups is 2. The first-order valence-electron chi connectivity index (χ1n) is 6.51. The van der Waals surface area contributed by atoms with E-state index in [4.69, 9.17) is 5.11 Å². The third-order valence-corrected chi connectivity index (χ3v) is 3.31. The predicted octanol–water partition coefficient (Wildman–Crippen LogP) is 2.32. The zero-order valence-electron chi connectivity index (χ0n) is 11.3. The second kappa shape index (κ2) is 6.81. The Kier molecular flexibility index (Phi) is 5.64. The van der Waals surface area contributed by atoms with Crippen LogP contribution in [0.1, 0.15) is 32.1 Å². The number of rotatable bonds is 4. The lowest BCUT2D eigenvalue weighted by molar-refractivity contribution is -0.139.